The quantitative estimate of drug-likeness (QED) is 0.486. The van der Waals surface area contributed by atoms with Gasteiger partial charge < -0.3 is 9.75 Å². The molecule has 3 nitrogen and oxygen atoms in total. The Morgan fingerprint density at radius 1 is 1.62 bits per heavy atom. The van der Waals surface area contributed by atoms with Crippen molar-refractivity contribution in [3.05, 3.63) is 22.9 Å². The largest absolute Gasteiger partial charge is 0.373 e. The third kappa shape index (κ3) is 1.49. The number of nitrogens with two attached hydrogens (primary N) is 1. The zero-order valence-electron chi connectivity index (χ0n) is 8.21. The first kappa shape index (κ1) is 8.78. The Bertz CT molecular complexity index is 279. The number of rotatable bonds is 1. The van der Waals surface area contributed by atoms with E-state index in [0.717, 1.165) is 19.4 Å². The average molecular weight is 180 g/mol. The Balaban J connectivity index is 2.26. The number of nitrogens with zero attached hydrogens (tertiary/aromatic N) is 1. The summed E-state index contributed by atoms with van der Waals surface area (Å²) in [6.45, 7) is 2.98. The number of ether oxygens (including phenoxy) is 1. The molecule has 2 N–H and O–H groups in total. The van der Waals surface area contributed by atoms with Gasteiger partial charge in [0.05, 0.1) is 12.7 Å². The van der Waals surface area contributed by atoms with Gasteiger partial charge in [-0.25, -0.2) is 5.84 Å². The lowest BCUT2D eigenvalue weighted by atomic mass is 9.94. The molecular weight excluding hydrogens is 164 g/mol. The Kier molecular flexibility index (Phi) is 2.14. The molecule has 2 aliphatic rings. The van der Waals surface area contributed by atoms with Crippen LogP contribution in [0.15, 0.2) is 22.9 Å². The SMILES string of the molecule is CC1=C(N(C)N)CC2OCCC2=C1. The van der Waals surface area contributed by atoms with Crippen molar-refractivity contribution in [1.29, 1.82) is 0 Å². The molecular formula is C10H16N2O. The van der Waals surface area contributed by atoms with Crippen molar-refractivity contribution in [2.75, 3.05) is 13.7 Å². The first-order chi connectivity index (χ1) is 6.18. The minimum absolute atomic E-state index is 0.296. The highest BCUT2D eigenvalue weighted by Gasteiger charge is 2.27. The monoisotopic (exact) mass is 180 g/mol. The summed E-state index contributed by atoms with van der Waals surface area (Å²) in [7, 11) is 1.88. The second-order valence-electron chi connectivity index (χ2n) is 3.77. The van der Waals surface area contributed by atoms with Gasteiger partial charge in [0.15, 0.2) is 0 Å². The lowest BCUT2D eigenvalue weighted by molar-refractivity contribution is 0.117. The van der Waals surface area contributed by atoms with Gasteiger partial charge in [0.2, 0.25) is 0 Å². The normalized spacial score (nSPS) is 27.3. The predicted molar refractivity (Wildman–Crippen MR) is 51.7 cm³/mol. The van der Waals surface area contributed by atoms with E-state index in [4.69, 9.17) is 10.6 Å². The van der Waals surface area contributed by atoms with E-state index >= 15 is 0 Å². The smallest absolute Gasteiger partial charge is 0.0844 e. The number of hydrogen-bond acceptors (Lipinski definition) is 3. The van der Waals surface area contributed by atoms with Crippen LogP contribution in [0.2, 0.25) is 0 Å². The van der Waals surface area contributed by atoms with Gasteiger partial charge in [0.1, 0.15) is 0 Å². The van der Waals surface area contributed by atoms with Crippen molar-refractivity contribution in [3.8, 4) is 0 Å². The van der Waals surface area contributed by atoms with E-state index in [-0.39, 0.29) is 0 Å². The first-order valence-electron chi connectivity index (χ1n) is 4.68. The maximum atomic E-state index is 5.73. The molecule has 0 saturated carbocycles. The fraction of sp³-hybridized carbons (Fsp3) is 0.600. The van der Waals surface area contributed by atoms with E-state index in [2.05, 4.69) is 13.0 Å². The third-order valence-corrected chi connectivity index (χ3v) is 2.78. The van der Waals surface area contributed by atoms with E-state index in [1.807, 2.05) is 7.05 Å². The molecule has 72 valence electrons. The summed E-state index contributed by atoms with van der Waals surface area (Å²) in [6.07, 6.45) is 4.54. The van der Waals surface area contributed by atoms with Crippen molar-refractivity contribution >= 4 is 0 Å². The van der Waals surface area contributed by atoms with E-state index < -0.39 is 0 Å². The molecule has 1 heterocycles. The Labute approximate surface area is 78.8 Å². The fourth-order valence-corrected chi connectivity index (χ4v) is 2.06. The highest BCUT2D eigenvalue weighted by Crippen LogP contribution is 2.32. The van der Waals surface area contributed by atoms with E-state index in [1.54, 1.807) is 5.01 Å². The molecule has 0 bridgehead atoms. The van der Waals surface area contributed by atoms with Crippen LogP contribution in [0.3, 0.4) is 0 Å². The van der Waals surface area contributed by atoms with Crippen LogP contribution >= 0.6 is 0 Å². The van der Waals surface area contributed by atoms with Crippen LogP contribution in [0.1, 0.15) is 19.8 Å². The molecule has 1 aliphatic heterocycles. The zero-order chi connectivity index (χ0) is 9.42. The van der Waals surface area contributed by atoms with Gasteiger partial charge in [-0.2, -0.15) is 0 Å². The van der Waals surface area contributed by atoms with Gasteiger partial charge in [-0.05, 0) is 24.5 Å². The van der Waals surface area contributed by atoms with E-state index in [9.17, 15) is 0 Å². The molecule has 1 fully saturated rings. The van der Waals surface area contributed by atoms with E-state index in [0.29, 0.717) is 6.10 Å². The predicted octanol–water partition coefficient (Wildman–Crippen LogP) is 1.18. The summed E-state index contributed by atoms with van der Waals surface area (Å²) in [4.78, 5) is 0. The molecule has 3 heteroatoms. The van der Waals surface area contributed by atoms with E-state index in [1.165, 1.54) is 16.8 Å². The summed E-state index contributed by atoms with van der Waals surface area (Å²) >= 11 is 0. The van der Waals surface area contributed by atoms with Gasteiger partial charge in [-0.1, -0.05) is 6.08 Å². The molecule has 0 aromatic rings. The van der Waals surface area contributed by atoms with Crippen LogP contribution < -0.4 is 5.84 Å². The Hall–Kier alpha value is -0.800. The zero-order valence-corrected chi connectivity index (χ0v) is 8.21. The lowest BCUT2D eigenvalue weighted by Gasteiger charge is -2.26. The molecule has 1 aliphatic carbocycles. The fourth-order valence-electron chi connectivity index (χ4n) is 2.06. The molecule has 1 unspecified atom stereocenters. The molecule has 1 saturated heterocycles. The summed E-state index contributed by atoms with van der Waals surface area (Å²) in [6, 6.07) is 0. The minimum Gasteiger partial charge on any atom is -0.373 e. The van der Waals surface area contributed by atoms with Crippen molar-refractivity contribution < 1.29 is 4.74 Å². The summed E-state index contributed by atoms with van der Waals surface area (Å²) in [5.41, 5.74) is 3.90. The molecule has 0 radical (unpaired) electrons. The van der Waals surface area contributed by atoms with Gasteiger partial charge >= 0.3 is 0 Å². The van der Waals surface area contributed by atoms with Crippen LogP contribution in [0, 0.1) is 0 Å². The van der Waals surface area contributed by atoms with Crippen molar-refractivity contribution in [2.45, 2.75) is 25.9 Å². The van der Waals surface area contributed by atoms with Crippen molar-refractivity contribution in [1.82, 2.24) is 5.01 Å². The highest BCUT2D eigenvalue weighted by atomic mass is 16.5. The van der Waals surface area contributed by atoms with Crippen LogP contribution in [0.5, 0.6) is 0 Å². The standard InChI is InChI=1S/C10H16N2O/c1-7-5-8-3-4-13-10(8)6-9(7)12(2)11/h5,10H,3-4,6,11H2,1-2H3. The minimum atomic E-state index is 0.296. The van der Waals surface area contributed by atoms with Crippen LogP contribution in [-0.4, -0.2) is 24.8 Å². The van der Waals surface area contributed by atoms with Crippen LogP contribution in [0.4, 0.5) is 0 Å². The summed E-state index contributed by atoms with van der Waals surface area (Å²) in [5, 5.41) is 1.70. The van der Waals surface area contributed by atoms with Crippen LogP contribution in [0.25, 0.3) is 0 Å². The van der Waals surface area contributed by atoms with Gasteiger partial charge in [-0.3, -0.25) is 0 Å². The molecule has 0 spiro atoms. The lowest BCUT2D eigenvalue weighted by Crippen LogP contribution is -2.30. The van der Waals surface area contributed by atoms with Gasteiger partial charge in [0, 0.05) is 19.2 Å². The number of allylic oxidation sites excluding steroid dienone is 2. The second-order valence-corrected chi connectivity index (χ2v) is 3.77. The molecule has 2 rings (SSSR count). The summed E-state index contributed by atoms with van der Waals surface area (Å²) < 4.78 is 5.60. The number of hydrazine groups is 1. The molecule has 13 heavy (non-hydrogen) atoms. The Morgan fingerprint density at radius 2 is 2.38 bits per heavy atom. The Morgan fingerprint density at radius 3 is 3.08 bits per heavy atom. The van der Waals surface area contributed by atoms with Gasteiger partial charge in [0.25, 0.3) is 0 Å². The van der Waals surface area contributed by atoms with Crippen molar-refractivity contribution in [2.24, 2.45) is 5.84 Å². The summed E-state index contributed by atoms with van der Waals surface area (Å²) in [5.74, 6) is 5.73. The van der Waals surface area contributed by atoms with Crippen molar-refractivity contribution in [3.63, 3.8) is 0 Å². The third-order valence-electron chi connectivity index (χ3n) is 2.78. The number of fused-ring (bicyclic) bond motifs is 1. The second kappa shape index (κ2) is 3.16. The van der Waals surface area contributed by atoms with Crippen LogP contribution in [-0.2, 0) is 4.74 Å². The van der Waals surface area contributed by atoms with Gasteiger partial charge in [-0.15, -0.1) is 0 Å². The molecule has 0 aromatic heterocycles. The first-order valence-corrected chi connectivity index (χ1v) is 4.68. The molecule has 0 amide bonds. The average Bonchev–Trinajstić information content (AvgIpc) is 2.48. The highest BCUT2D eigenvalue weighted by molar-refractivity contribution is 5.35. The topological polar surface area (TPSA) is 38.5 Å². The molecule has 1 atom stereocenters. The maximum absolute atomic E-state index is 5.73. The molecule has 0 aromatic carbocycles. The number of hydrogen-bond donors (Lipinski definition) is 1. The maximum Gasteiger partial charge on any atom is 0.0844 e.